The van der Waals surface area contributed by atoms with Gasteiger partial charge in [0, 0.05) is 21.7 Å². The van der Waals surface area contributed by atoms with Crippen molar-refractivity contribution in [2.24, 2.45) is 0 Å². The first-order valence-corrected chi connectivity index (χ1v) is 7.31. The molecule has 0 radical (unpaired) electrons. The van der Waals surface area contributed by atoms with Gasteiger partial charge in [0.25, 0.3) is 0 Å². The average molecular weight is 320 g/mol. The predicted octanol–water partition coefficient (Wildman–Crippen LogP) is 4.88. The minimum absolute atomic E-state index is 0.0648. The molecular weight excluding hydrogens is 305 g/mol. The lowest BCUT2D eigenvalue weighted by Crippen LogP contribution is -2.24. The maximum Gasteiger partial charge on any atom is 0.244 e. The van der Waals surface area contributed by atoms with E-state index in [0.29, 0.717) is 15.6 Å². The van der Waals surface area contributed by atoms with E-state index in [1.165, 1.54) is 6.08 Å². The van der Waals surface area contributed by atoms with Crippen molar-refractivity contribution >= 4 is 35.2 Å². The lowest BCUT2D eigenvalue weighted by molar-refractivity contribution is -0.117. The summed E-state index contributed by atoms with van der Waals surface area (Å²) in [6.45, 7) is 1.93. The SMILES string of the molecule is CC(NC(=O)C=Cc1c(Cl)cccc1Cl)c1ccccc1. The minimum Gasteiger partial charge on any atom is -0.346 e. The van der Waals surface area contributed by atoms with E-state index in [1.807, 2.05) is 37.3 Å². The molecule has 0 aliphatic carbocycles. The maximum atomic E-state index is 11.9. The molecule has 0 saturated heterocycles. The third-order valence-corrected chi connectivity index (χ3v) is 3.72. The molecule has 0 bridgehead atoms. The molecule has 0 aliphatic rings. The van der Waals surface area contributed by atoms with Gasteiger partial charge >= 0.3 is 0 Å². The molecule has 2 nitrogen and oxygen atoms in total. The van der Waals surface area contributed by atoms with E-state index in [2.05, 4.69) is 5.32 Å². The second-order valence-electron chi connectivity index (χ2n) is 4.61. The second-order valence-corrected chi connectivity index (χ2v) is 5.42. The molecule has 2 aromatic rings. The molecule has 0 fully saturated rings. The van der Waals surface area contributed by atoms with Crippen molar-refractivity contribution in [3.8, 4) is 0 Å². The van der Waals surface area contributed by atoms with Crippen molar-refractivity contribution in [1.82, 2.24) is 5.32 Å². The van der Waals surface area contributed by atoms with Gasteiger partial charge < -0.3 is 5.32 Å². The molecule has 0 saturated carbocycles. The van der Waals surface area contributed by atoms with E-state index in [0.717, 1.165) is 5.56 Å². The maximum absolute atomic E-state index is 11.9. The molecule has 21 heavy (non-hydrogen) atoms. The number of benzene rings is 2. The lowest BCUT2D eigenvalue weighted by Gasteiger charge is -2.12. The number of carbonyl (C=O) groups excluding carboxylic acids is 1. The summed E-state index contributed by atoms with van der Waals surface area (Å²) in [5, 5.41) is 3.93. The molecule has 2 aromatic carbocycles. The standard InChI is InChI=1S/C17H15Cl2NO/c1-12(13-6-3-2-4-7-13)20-17(21)11-10-14-15(18)8-5-9-16(14)19/h2-12H,1H3,(H,20,21). The fourth-order valence-electron chi connectivity index (χ4n) is 1.92. The average Bonchev–Trinajstić information content (AvgIpc) is 2.47. The normalized spacial score (nSPS) is 12.3. The first kappa shape index (κ1) is 15.6. The van der Waals surface area contributed by atoms with Crippen LogP contribution in [0.25, 0.3) is 6.08 Å². The highest BCUT2D eigenvalue weighted by atomic mass is 35.5. The summed E-state index contributed by atoms with van der Waals surface area (Å²) in [6, 6.07) is 14.9. The van der Waals surface area contributed by atoms with Crippen LogP contribution in [-0.2, 0) is 4.79 Å². The number of amides is 1. The predicted molar refractivity (Wildman–Crippen MR) is 88.5 cm³/mol. The quantitative estimate of drug-likeness (QED) is 0.799. The second kappa shape index (κ2) is 7.30. The van der Waals surface area contributed by atoms with Gasteiger partial charge in [0.15, 0.2) is 0 Å². The van der Waals surface area contributed by atoms with Crippen LogP contribution in [0.2, 0.25) is 10.0 Å². The molecule has 1 atom stereocenters. The lowest BCUT2D eigenvalue weighted by atomic mass is 10.1. The van der Waals surface area contributed by atoms with Crippen molar-refractivity contribution in [3.63, 3.8) is 0 Å². The zero-order chi connectivity index (χ0) is 15.2. The summed E-state index contributed by atoms with van der Waals surface area (Å²) in [7, 11) is 0. The van der Waals surface area contributed by atoms with Gasteiger partial charge in [-0.05, 0) is 30.7 Å². The van der Waals surface area contributed by atoms with Gasteiger partial charge in [-0.2, -0.15) is 0 Å². The number of nitrogens with one attached hydrogen (secondary N) is 1. The van der Waals surface area contributed by atoms with Crippen molar-refractivity contribution in [2.75, 3.05) is 0 Å². The van der Waals surface area contributed by atoms with Crippen LogP contribution < -0.4 is 5.32 Å². The van der Waals surface area contributed by atoms with E-state index in [9.17, 15) is 4.79 Å². The van der Waals surface area contributed by atoms with E-state index in [1.54, 1.807) is 24.3 Å². The summed E-state index contributed by atoms with van der Waals surface area (Å²) >= 11 is 12.1. The van der Waals surface area contributed by atoms with E-state index in [4.69, 9.17) is 23.2 Å². The Bertz CT molecular complexity index is 633. The van der Waals surface area contributed by atoms with Crippen LogP contribution in [0.4, 0.5) is 0 Å². The largest absolute Gasteiger partial charge is 0.346 e. The summed E-state index contributed by atoms with van der Waals surface area (Å²) in [5.41, 5.74) is 1.69. The molecule has 108 valence electrons. The fourth-order valence-corrected chi connectivity index (χ4v) is 2.44. The van der Waals surface area contributed by atoms with Crippen LogP contribution in [0.3, 0.4) is 0 Å². The number of rotatable bonds is 4. The third kappa shape index (κ3) is 4.35. The highest BCUT2D eigenvalue weighted by Gasteiger charge is 2.07. The molecule has 0 spiro atoms. The summed E-state index contributed by atoms with van der Waals surface area (Å²) in [4.78, 5) is 11.9. The Balaban J connectivity index is 2.03. The van der Waals surface area contributed by atoms with E-state index in [-0.39, 0.29) is 11.9 Å². The zero-order valence-electron chi connectivity index (χ0n) is 11.5. The monoisotopic (exact) mass is 319 g/mol. The fraction of sp³-hybridized carbons (Fsp3) is 0.118. The number of hydrogen-bond donors (Lipinski definition) is 1. The van der Waals surface area contributed by atoms with Crippen LogP contribution in [0, 0.1) is 0 Å². The van der Waals surface area contributed by atoms with Crippen LogP contribution in [-0.4, -0.2) is 5.91 Å². The van der Waals surface area contributed by atoms with Gasteiger partial charge in [0.2, 0.25) is 5.91 Å². The van der Waals surface area contributed by atoms with Gasteiger partial charge in [-0.1, -0.05) is 59.6 Å². The van der Waals surface area contributed by atoms with Gasteiger partial charge in [-0.15, -0.1) is 0 Å². The van der Waals surface area contributed by atoms with Crippen molar-refractivity contribution in [1.29, 1.82) is 0 Å². The Hall–Kier alpha value is -1.77. The zero-order valence-corrected chi connectivity index (χ0v) is 13.0. The van der Waals surface area contributed by atoms with Crippen LogP contribution in [0.15, 0.2) is 54.6 Å². The molecule has 1 N–H and O–H groups in total. The van der Waals surface area contributed by atoms with Crippen molar-refractivity contribution in [3.05, 3.63) is 75.8 Å². The van der Waals surface area contributed by atoms with Gasteiger partial charge in [0.1, 0.15) is 0 Å². The summed E-state index contributed by atoms with van der Waals surface area (Å²) in [5.74, 6) is -0.192. The Labute approximate surface area is 134 Å². The first-order valence-electron chi connectivity index (χ1n) is 6.55. The molecule has 4 heteroatoms. The van der Waals surface area contributed by atoms with E-state index < -0.39 is 0 Å². The number of halogens is 2. The third-order valence-electron chi connectivity index (χ3n) is 3.06. The van der Waals surface area contributed by atoms with Crippen LogP contribution in [0.1, 0.15) is 24.1 Å². The molecule has 2 rings (SSSR count). The molecule has 0 aliphatic heterocycles. The van der Waals surface area contributed by atoms with Gasteiger partial charge in [-0.25, -0.2) is 0 Å². The topological polar surface area (TPSA) is 29.1 Å². The van der Waals surface area contributed by atoms with Gasteiger partial charge in [0.05, 0.1) is 6.04 Å². The minimum atomic E-state index is -0.192. The molecule has 0 heterocycles. The Kier molecular flexibility index (Phi) is 5.43. The highest BCUT2D eigenvalue weighted by Crippen LogP contribution is 2.25. The number of hydrogen-bond acceptors (Lipinski definition) is 1. The molecular formula is C17H15Cl2NO. The molecule has 1 unspecified atom stereocenters. The van der Waals surface area contributed by atoms with Crippen molar-refractivity contribution in [2.45, 2.75) is 13.0 Å². The molecule has 0 aromatic heterocycles. The Morgan fingerprint density at radius 1 is 1.05 bits per heavy atom. The Morgan fingerprint density at radius 3 is 2.29 bits per heavy atom. The smallest absolute Gasteiger partial charge is 0.244 e. The van der Waals surface area contributed by atoms with Crippen LogP contribution >= 0.6 is 23.2 Å². The first-order chi connectivity index (χ1) is 10.1. The van der Waals surface area contributed by atoms with Crippen LogP contribution in [0.5, 0.6) is 0 Å². The Morgan fingerprint density at radius 2 is 1.67 bits per heavy atom. The summed E-state index contributed by atoms with van der Waals surface area (Å²) in [6.07, 6.45) is 3.06. The summed E-state index contributed by atoms with van der Waals surface area (Å²) < 4.78 is 0. The van der Waals surface area contributed by atoms with Gasteiger partial charge in [-0.3, -0.25) is 4.79 Å². The molecule has 1 amide bonds. The van der Waals surface area contributed by atoms with E-state index >= 15 is 0 Å². The number of carbonyl (C=O) groups is 1. The highest BCUT2D eigenvalue weighted by molar-refractivity contribution is 6.37. The van der Waals surface area contributed by atoms with Crippen molar-refractivity contribution < 1.29 is 4.79 Å².